The zero-order valence-electron chi connectivity index (χ0n) is 11.8. The summed E-state index contributed by atoms with van der Waals surface area (Å²) < 4.78 is 0. The van der Waals surface area contributed by atoms with Crippen molar-refractivity contribution >= 4 is 11.8 Å². The molecule has 0 aromatic carbocycles. The van der Waals surface area contributed by atoms with E-state index in [0.29, 0.717) is 13.0 Å². The molecule has 0 spiro atoms. The molecule has 0 aromatic rings. The molecule has 2 fully saturated rings. The minimum Gasteiger partial charge on any atom is -0.352 e. The number of carbonyl (C=O) groups excluding carboxylic acids is 2. The van der Waals surface area contributed by atoms with Gasteiger partial charge in [0.1, 0.15) is 0 Å². The number of nitrogens with zero attached hydrogens (tertiary/aromatic N) is 1. The highest BCUT2D eigenvalue weighted by Gasteiger charge is 2.34. The summed E-state index contributed by atoms with van der Waals surface area (Å²) in [5.74, 6) is 0.129. The van der Waals surface area contributed by atoms with Crippen LogP contribution in [0.5, 0.6) is 0 Å². The maximum atomic E-state index is 12.3. The van der Waals surface area contributed by atoms with Gasteiger partial charge in [0.05, 0.1) is 0 Å². The third-order valence-electron chi connectivity index (χ3n) is 4.28. The number of nitrogens with two attached hydrogens (primary N) is 1. The van der Waals surface area contributed by atoms with Crippen LogP contribution in [-0.2, 0) is 9.59 Å². The van der Waals surface area contributed by atoms with Gasteiger partial charge in [-0.3, -0.25) is 9.59 Å². The predicted molar refractivity (Wildman–Crippen MR) is 73.4 cm³/mol. The molecule has 108 valence electrons. The lowest BCUT2D eigenvalue weighted by atomic mass is 9.93. The highest BCUT2D eigenvalue weighted by molar-refractivity contribution is 5.78. The molecular formula is C14H25N3O2. The van der Waals surface area contributed by atoms with Crippen LogP contribution in [0, 0.1) is 0 Å². The minimum atomic E-state index is -0.280. The highest BCUT2D eigenvalue weighted by atomic mass is 16.2. The van der Waals surface area contributed by atoms with Crippen LogP contribution in [0.15, 0.2) is 0 Å². The molecule has 2 rings (SSSR count). The van der Waals surface area contributed by atoms with Crippen molar-refractivity contribution in [3.8, 4) is 0 Å². The summed E-state index contributed by atoms with van der Waals surface area (Å²) in [4.78, 5) is 25.3. The largest absolute Gasteiger partial charge is 0.352 e. The second-order valence-corrected chi connectivity index (χ2v) is 6.13. The van der Waals surface area contributed by atoms with E-state index in [0.717, 1.165) is 45.1 Å². The number of piperidine rings is 1. The quantitative estimate of drug-likeness (QED) is 0.793. The molecule has 1 aliphatic heterocycles. The van der Waals surface area contributed by atoms with Gasteiger partial charge in [-0.05, 0) is 25.7 Å². The smallest absolute Gasteiger partial charge is 0.224 e. The fourth-order valence-corrected chi connectivity index (χ4v) is 3.28. The Balaban J connectivity index is 1.86. The second-order valence-electron chi connectivity index (χ2n) is 6.13. The average Bonchev–Trinajstić information content (AvgIpc) is 2.75. The number of amides is 2. The summed E-state index contributed by atoms with van der Waals surface area (Å²) in [6.07, 6.45) is 6.56. The van der Waals surface area contributed by atoms with E-state index in [1.165, 1.54) is 6.92 Å². The van der Waals surface area contributed by atoms with Gasteiger partial charge >= 0.3 is 0 Å². The highest BCUT2D eigenvalue weighted by Crippen LogP contribution is 2.30. The van der Waals surface area contributed by atoms with Crippen molar-refractivity contribution in [2.24, 2.45) is 5.73 Å². The zero-order valence-corrected chi connectivity index (χ0v) is 11.8. The lowest BCUT2D eigenvalue weighted by Gasteiger charge is -2.35. The van der Waals surface area contributed by atoms with E-state index < -0.39 is 0 Å². The van der Waals surface area contributed by atoms with Crippen LogP contribution in [0.2, 0.25) is 0 Å². The molecule has 0 bridgehead atoms. The number of likely N-dealkylation sites (tertiary alicyclic amines) is 1. The molecule has 19 heavy (non-hydrogen) atoms. The molecule has 3 N–H and O–H groups in total. The van der Waals surface area contributed by atoms with E-state index >= 15 is 0 Å². The summed E-state index contributed by atoms with van der Waals surface area (Å²) in [6.45, 7) is 2.95. The molecule has 1 heterocycles. The first kappa shape index (κ1) is 14.3. The summed E-state index contributed by atoms with van der Waals surface area (Å²) in [5, 5.41) is 2.91. The van der Waals surface area contributed by atoms with Crippen LogP contribution in [0.25, 0.3) is 0 Å². The molecule has 1 aliphatic carbocycles. The van der Waals surface area contributed by atoms with Crippen LogP contribution in [0.3, 0.4) is 0 Å². The maximum Gasteiger partial charge on any atom is 0.224 e. The first-order valence-electron chi connectivity index (χ1n) is 7.32. The van der Waals surface area contributed by atoms with Gasteiger partial charge in [0, 0.05) is 38.0 Å². The third-order valence-corrected chi connectivity index (χ3v) is 4.28. The summed E-state index contributed by atoms with van der Waals surface area (Å²) in [7, 11) is 0. The van der Waals surface area contributed by atoms with E-state index in [2.05, 4.69) is 5.32 Å². The molecule has 1 saturated heterocycles. The molecule has 0 radical (unpaired) electrons. The first-order chi connectivity index (χ1) is 8.98. The molecule has 5 nitrogen and oxygen atoms in total. The summed E-state index contributed by atoms with van der Waals surface area (Å²) in [5.41, 5.74) is 5.99. The Morgan fingerprint density at radius 2 is 2.00 bits per heavy atom. The van der Waals surface area contributed by atoms with Gasteiger partial charge in [-0.1, -0.05) is 12.8 Å². The molecular weight excluding hydrogens is 242 g/mol. The molecule has 0 aromatic heterocycles. The molecule has 2 amide bonds. The van der Waals surface area contributed by atoms with E-state index in [-0.39, 0.29) is 23.4 Å². The van der Waals surface area contributed by atoms with Crippen molar-refractivity contribution in [2.75, 3.05) is 13.1 Å². The second kappa shape index (κ2) is 5.90. The van der Waals surface area contributed by atoms with Crippen LogP contribution in [-0.4, -0.2) is 41.4 Å². The topological polar surface area (TPSA) is 75.4 Å². The SMILES string of the molecule is CC(=O)NC1CCCN(C(=O)CC2(N)CCCC2)C1. The Morgan fingerprint density at radius 1 is 1.32 bits per heavy atom. The lowest BCUT2D eigenvalue weighted by Crippen LogP contribution is -2.51. The van der Waals surface area contributed by atoms with Crippen molar-refractivity contribution in [3.63, 3.8) is 0 Å². The molecule has 1 saturated carbocycles. The van der Waals surface area contributed by atoms with E-state index in [4.69, 9.17) is 5.73 Å². The van der Waals surface area contributed by atoms with Crippen molar-refractivity contribution in [2.45, 2.75) is 63.5 Å². The fourth-order valence-electron chi connectivity index (χ4n) is 3.28. The Kier molecular flexibility index (Phi) is 4.45. The molecule has 5 heteroatoms. The van der Waals surface area contributed by atoms with Crippen molar-refractivity contribution in [1.82, 2.24) is 10.2 Å². The molecule has 1 atom stereocenters. The monoisotopic (exact) mass is 267 g/mol. The van der Waals surface area contributed by atoms with Gasteiger partial charge in [-0.15, -0.1) is 0 Å². The zero-order chi connectivity index (χ0) is 13.9. The number of rotatable bonds is 3. The summed E-state index contributed by atoms with van der Waals surface area (Å²) >= 11 is 0. The van der Waals surface area contributed by atoms with Gasteiger partial charge in [0.25, 0.3) is 0 Å². The van der Waals surface area contributed by atoms with Crippen molar-refractivity contribution in [1.29, 1.82) is 0 Å². The number of carbonyl (C=O) groups is 2. The van der Waals surface area contributed by atoms with Gasteiger partial charge < -0.3 is 16.0 Å². The number of nitrogens with one attached hydrogen (secondary N) is 1. The van der Waals surface area contributed by atoms with Crippen LogP contribution in [0.1, 0.15) is 51.9 Å². The van der Waals surface area contributed by atoms with Gasteiger partial charge in [-0.2, -0.15) is 0 Å². The predicted octanol–water partition coefficient (Wildman–Crippen LogP) is 0.775. The third kappa shape index (κ3) is 3.93. The standard InChI is InChI=1S/C14H25N3O2/c1-11(18)16-12-5-4-8-17(10-12)13(19)9-14(15)6-2-3-7-14/h12H,2-10,15H2,1H3,(H,16,18). The Morgan fingerprint density at radius 3 is 2.63 bits per heavy atom. The Labute approximate surface area is 114 Å². The maximum absolute atomic E-state index is 12.3. The van der Waals surface area contributed by atoms with E-state index in [9.17, 15) is 9.59 Å². The Bertz CT molecular complexity index is 351. The number of hydrogen-bond acceptors (Lipinski definition) is 3. The van der Waals surface area contributed by atoms with Gasteiger partial charge in [-0.25, -0.2) is 0 Å². The lowest BCUT2D eigenvalue weighted by molar-refractivity contribution is -0.134. The van der Waals surface area contributed by atoms with E-state index in [1.807, 2.05) is 4.90 Å². The van der Waals surface area contributed by atoms with Crippen molar-refractivity contribution in [3.05, 3.63) is 0 Å². The molecule has 2 aliphatic rings. The minimum absolute atomic E-state index is 0.0228. The first-order valence-corrected chi connectivity index (χ1v) is 7.32. The van der Waals surface area contributed by atoms with Crippen molar-refractivity contribution < 1.29 is 9.59 Å². The van der Waals surface area contributed by atoms with Gasteiger partial charge in [0.2, 0.25) is 11.8 Å². The normalized spacial score (nSPS) is 26.2. The molecule has 1 unspecified atom stereocenters. The van der Waals surface area contributed by atoms with Crippen LogP contribution < -0.4 is 11.1 Å². The number of hydrogen-bond donors (Lipinski definition) is 2. The fraction of sp³-hybridized carbons (Fsp3) is 0.857. The summed E-state index contributed by atoms with van der Waals surface area (Å²) in [6, 6.07) is 0.104. The average molecular weight is 267 g/mol. The van der Waals surface area contributed by atoms with E-state index in [1.54, 1.807) is 0 Å². The van der Waals surface area contributed by atoms with Crippen LogP contribution in [0.4, 0.5) is 0 Å². The van der Waals surface area contributed by atoms with Crippen LogP contribution >= 0.6 is 0 Å². The van der Waals surface area contributed by atoms with Gasteiger partial charge in [0.15, 0.2) is 0 Å². The Hall–Kier alpha value is -1.10.